The van der Waals surface area contributed by atoms with Gasteiger partial charge in [0.05, 0.1) is 18.8 Å². The van der Waals surface area contributed by atoms with E-state index in [2.05, 4.69) is 72.8 Å². The SMILES string of the molecule is c1ccc(-c2cccc3sc4c5sc6ccccc6c5sc4c23)cc1. The molecule has 0 atom stereocenters. The van der Waals surface area contributed by atoms with E-state index in [1.54, 1.807) is 0 Å². The van der Waals surface area contributed by atoms with E-state index in [4.69, 9.17) is 0 Å². The normalized spacial score (nSPS) is 12.0. The third-order valence-electron chi connectivity index (χ3n) is 4.72. The molecule has 0 aliphatic carbocycles. The van der Waals surface area contributed by atoms with E-state index >= 15 is 0 Å². The minimum absolute atomic E-state index is 1.30. The highest BCUT2D eigenvalue weighted by Gasteiger charge is 2.18. The van der Waals surface area contributed by atoms with E-state index in [1.807, 2.05) is 34.0 Å². The molecule has 0 saturated carbocycles. The summed E-state index contributed by atoms with van der Waals surface area (Å²) in [5.74, 6) is 0. The zero-order valence-corrected chi connectivity index (χ0v) is 15.6. The molecule has 0 aliphatic heterocycles. The standard InChI is InChI=1S/C22H12S3/c1-2-7-13(8-3-1)14-10-6-12-17-18(14)20-22(24-17)21-19(25-20)15-9-4-5-11-16(15)23-21/h1-12H. The van der Waals surface area contributed by atoms with Gasteiger partial charge in [-0.1, -0.05) is 60.7 Å². The van der Waals surface area contributed by atoms with Crippen LogP contribution in [0.25, 0.3) is 50.1 Å². The Morgan fingerprint density at radius 3 is 2.12 bits per heavy atom. The van der Waals surface area contributed by atoms with Crippen molar-refractivity contribution in [3.05, 3.63) is 72.8 Å². The first-order valence-corrected chi connectivity index (χ1v) is 10.7. The molecule has 3 heterocycles. The van der Waals surface area contributed by atoms with Crippen LogP contribution in [-0.4, -0.2) is 0 Å². The van der Waals surface area contributed by atoms with Gasteiger partial charge in [0, 0.05) is 20.2 Å². The lowest BCUT2D eigenvalue weighted by atomic mass is 10.0. The number of benzene rings is 3. The molecule has 0 amide bonds. The van der Waals surface area contributed by atoms with Gasteiger partial charge in [0.2, 0.25) is 0 Å². The molecule has 118 valence electrons. The van der Waals surface area contributed by atoms with Crippen LogP contribution in [0.2, 0.25) is 0 Å². The van der Waals surface area contributed by atoms with E-state index in [-0.39, 0.29) is 0 Å². The molecule has 0 N–H and O–H groups in total. The van der Waals surface area contributed by atoms with Gasteiger partial charge < -0.3 is 0 Å². The van der Waals surface area contributed by atoms with Crippen LogP contribution in [0.1, 0.15) is 0 Å². The Balaban J connectivity index is 1.79. The van der Waals surface area contributed by atoms with E-state index in [0.29, 0.717) is 0 Å². The maximum atomic E-state index is 2.26. The largest absolute Gasteiger partial charge is 0.133 e. The molecule has 3 aromatic heterocycles. The van der Waals surface area contributed by atoms with Crippen LogP contribution in [0.4, 0.5) is 0 Å². The average Bonchev–Trinajstić information content (AvgIpc) is 3.30. The van der Waals surface area contributed by atoms with Crippen molar-refractivity contribution in [2.24, 2.45) is 0 Å². The number of fused-ring (bicyclic) bond motifs is 7. The Kier molecular flexibility index (Phi) is 2.89. The molecule has 0 aliphatic rings. The summed E-state index contributed by atoms with van der Waals surface area (Å²) < 4.78 is 8.60. The van der Waals surface area contributed by atoms with Gasteiger partial charge in [-0.25, -0.2) is 0 Å². The van der Waals surface area contributed by atoms with Crippen LogP contribution in [0, 0.1) is 0 Å². The molecule has 6 aromatic rings. The Bertz CT molecular complexity index is 1380. The van der Waals surface area contributed by atoms with Crippen molar-refractivity contribution in [2.75, 3.05) is 0 Å². The van der Waals surface area contributed by atoms with Gasteiger partial charge in [0.15, 0.2) is 0 Å². The van der Waals surface area contributed by atoms with Crippen molar-refractivity contribution in [3.8, 4) is 11.1 Å². The molecule has 0 fully saturated rings. The molecule has 3 heteroatoms. The van der Waals surface area contributed by atoms with Gasteiger partial charge in [-0.05, 0) is 23.3 Å². The Hall–Kier alpha value is -2.20. The van der Waals surface area contributed by atoms with Crippen molar-refractivity contribution in [1.29, 1.82) is 0 Å². The molecule has 0 nitrogen and oxygen atoms in total. The van der Waals surface area contributed by atoms with Crippen LogP contribution in [0.3, 0.4) is 0 Å². The molecule has 3 aromatic carbocycles. The smallest absolute Gasteiger partial charge is 0.0642 e. The van der Waals surface area contributed by atoms with E-state index in [1.165, 1.54) is 50.1 Å². The minimum Gasteiger partial charge on any atom is -0.133 e. The van der Waals surface area contributed by atoms with Gasteiger partial charge >= 0.3 is 0 Å². The first-order valence-electron chi connectivity index (χ1n) is 8.21. The maximum absolute atomic E-state index is 2.26. The number of rotatable bonds is 1. The van der Waals surface area contributed by atoms with Crippen LogP contribution in [0.5, 0.6) is 0 Å². The van der Waals surface area contributed by atoms with E-state index < -0.39 is 0 Å². The third kappa shape index (κ3) is 1.92. The Morgan fingerprint density at radius 2 is 1.20 bits per heavy atom. The topological polar surface area (TPSA) is 0 Å². The average molecular weight is 373 g/mol. The lowest BCUT2D eigenvalue weighted by Gasteiger charge is -2.03. The summed E-state index contributed by atoms with van der Waals surface area (Å²) in [6.45, 7) is 0. The molecule has 6 rings (SSSR count). The quantitative estimate of drug-likeness (QED) is 0.273. The Labute approximate surface area is 156 Å². The monoisotopic (exact) mass is 372 g/mol. The van der Waals surface area contributed by atoms with Crippen molar-refractivity contribution in [3.63, 3.8) is 0 Å². The first kappa shape index (κ1) is 14.0. The van der Waals surface area contributed by atoms with Crippen LogP contribution >= 0.6 is 34.0 Å². The second-order valence-electron chi connectivity index (χ2n) is 6.16. The molecule has 0 spiro atoms. The highest BCUT2D eigenvalue weighted by Crippen LogP contribution is 2.51. The zero-order valence-electron chi connectivity index (χ0n) is 13.2. The highest BCUT2D eigenvalue weighted by molar-refractivity contribution is 7.43. The predicted octanol–water partition coefficient (Wildman–Crippen LogP) is 8.15. The lowest BCUT2D eigenvalue weighted by Crippen LogP contribution is -1.77. The summed E-state index contributed by atoms with van der Waals surface area (Å²) in [6, 6.07) is 26.2. The second-order valence-corrected chi connectivity index (χ2v) is 9.29. The highest BCUT2D eigenvalue weighted by atomic mass is 32.1. The fraction of sp³-hybridized carbons (Fsp3) is 0. The van der Waals surface area contributed by atoms with Gasteiger partial charge in [-0.15, -0.1) is 34.0 Å². The summed E-state index contributed by atoms with van der Waals surface area (Å²) in [5.41, 5.74) is 2.65. The van der Waals surface area contributed by atoms with E-state index in [9.17, 15) is 0 Å². The van der Waals surface area contributed by atoms with Crippen molar-refractivity contribution in [1.82, 2.24) is 0 Å². The summed E-state index contributed by atoms with van der Waals surface area (Å²) in [5, 5.41) is 2.83. The summed E-state index contributed by atoms with van der Waals surface area (Å²) in [4.78, 5) is 0. The molecular formula is C22H12S3. The zero-order chi connectivity index (χ0) is 16.4. The van der Waals surface area contributed by atoms with Gasteiger partial charge in [-0.3, -0.25) is 0 Å². The van der Waals surface area contributed by atoms with Crippen molar-refractivity contribution in [2.45, 2.75) is 0 Å². The molecule has 0 unspecified atom stereocenters. The van der Waals surface area contributed by atoms with Gasteiger partial charge in [0.1, 0.15) is 0 Å². The second kappa shape index (κ2) is 5.15. The van der Waals surface area contributed by atoms with Crippen LogP contribution in [0.15, 0.2) is 72.8 Å². The molecule has 25 heavy (non-hydrogen) atoms. The fourth-order valence-electron chi connectivity index (χ4n) is 3.60. The summed E-state index contributed by atoms with van der Waals surface area (Å²) in [6.07, 6.45) is 0. The number of thiophene rings is 3. The Morgan fingerprint density at radius 1 is 0.480 bits per heavy atom. The predicted molar refractivity (Wildman–Crippen MR) is 116 cm³/mol. The summed E-state index contributed by atoms with van der Waals surface area (Å²) >= 11 is 5.84. The van der Waals surface area contributed by atoms with Crippen molar-refractivity contribution < 1.29 is 0 Å². The number of hydrogen-bond acceptors (Lipinski definition) is 3. The van der Waals surface area contributed by atoms with E-state index in [0.717, 1.165) is 0 Å². The molecule has 0 bridgehead atoms. The lowest BCUT2D eigenvalue weighted by molar-refractivity contribution is 1.67. The van der Waals surface area contributed by atoms with Crippen molar-refractivity contribution >= 4 is 73.0 Å². The first-order chi connectivity index (χ1) is 12.4. The number of hydrogen-bond donors (Lipinski definition) is 0. The minimum atomic E-state index is 1.30. The van der Waals surface area contributed by atoms with Gasteiger partial charge in [-0.2, -0.15) is 0 Å². The van der Waals surface area contributed by atoms with Gasteiger partial charge in [0.25, 0.3) is 0 Å². The maximum Gasteiger partial charge on any atom is 0.0642 e. The third-order valence-corrected chi connectivity index (χ3v) is 8.71. The molecule has 0 saturated heterocycles. The molecular weight excluding hydrogens is 360 g/mol. The van der Waals surface area contributed by atoms with Crippen LogP contribution < -0.4 is 0 Å². The molecule has 0 radical (unpaired) electrons. The van der Waals surface area contributed by atoms with Crippen LogP contribution in [-0.2, 0) is 0 Å². The fourth-order valence-corrected chi connectivity index (χ4v) is 7.93. The summed E-state index contributed by atoms with van der Waals surface area (Å²) in [7, 11) is 0.